The van der Waals surface area contributed by atoms with Crippen molar-refractivity contribution in [2.24, 2.45) is 0 Å². The molecule has 2 rings (SSSR count). The predicted molar refractivity (Wildman–Crippen MR) is 57.1 cm³/mol. The number of fused-ring (bicyclic) bond motifs is 1. The molecule has 0 aliphatic heterocycles. The minimum atomic E-state index is 0.303. The fourth-order valence-electron chi connectivity index (χ4n) is 1.61. The van der Waals surface area contributed by atoms with Gasteiger partial charge in [0.15, 0.2) is 0 Å². The van der Waals surface area contributed by atoms with Crippen molar-refractivity contribution in [1.82, 2.24) is 14.8 Å². The van der Waals surface area contributed by atoms with Gasteiger partial charge in [0.1, 0.15) is 11.0 Å². The molecule has 2 aromatic rings. The summed E-state index contributed by atoms with van der Waals surface area (Å²) < 4.78 is 1.92. The van der Waals surface area contributed by atoms with Gasteiger partial charge in [0.25, 0.3) is 0 Å². The van der Waals surface area contributed by atoms with Gasteiger partial charge in [-0.1, -0.05) is 0 Å². The lowest BCUT2D eigenvalue weighted by Crippen LogP contribution is -2.04. The van der Waals surface area contributed by atoms with Crippen molar-refractivity contribution in [3.05, 3.63) is 18.0 Å². The molecule has 2 heterocycles. The van der Waals surface area contributed by atoms with Gasteiger partial charge in [-0.15, -0.1) is 0 Å². The summed E-state index contributed by atoms with van der Waals surface area (Å²) in [7, 11) is 0. The van der Waals surface area contributed by atoms with Crippen LogP contribution in [-0.2, 0) is 0 Å². The van der Waals surface area contributed by atoms with E-state index in [-0.39, 0.29) is 0 Å². The van der Waals surface area contributed by atoms with E-state index < -0.39 is 0 Å². The molecule has 74 valence electrons. The van der Waals surface area contributed by atoms with E-state index in [4.69, 9.17) is 5.73 Å². The molecule has 0 spiro atoms. The van der Waals surface area contributed by atoms with Crippen LogP contribution < -0.4 is 5.73 Å². The number of nitrogen functional groups attached to an aromatic ring is 1. The van der Waals surface area contributed by atoms with Crippen molar-refractivity contribution in [2.45, 2.75) is 26.8 Å². The molecule has 4 heteroatoms. The number of hydrogen-bond acceptors (Lipinski definition) is 3. The molecule has 0 aliphatic rings. The summed E-state index contributed by atoms with van der Waals surface area (Å²) in [4.78, 5) is 4.28. The molecule has 0 unspecified atom stereocenters. The fourth-order valence-corrected chi connectivity index (χ4v) is 1.61. The van der Waals surface area contributed by atoms with Gasteiger partial charge in [0.2, 0.25) is 0 Å². The van der Waals surface area contributed by atoms with Gasteiger partial charge in [-0.25, -0.2) is 0 Å². The lowest BCUT2D eigenvalue weighted by atomic mass is 10.3. The smallest absolute Gasteiger partial charge is 0.113 e. The van der Waals surface area contributed by atoms with Crippen molar-refractivity contribution in [3.63, 3.8) is 0 Å². The van der Waals surface area contributed by atoms with Crippen LogP contribution in [0.1, 0.15) is 25.6 Å². The van der Waals surface area contributed by atoms with Gasteiger partial charge in [-0.05, 0) is 26.8 Å². The van der Waals surface area contributed by atoms with Crippen LogP contribution in [0, 0.1) is 6.92 Å². The molecular formula is C10H14N4. The fraction of sp³-hybridized carbons (Fsp3) is 0.400. The van der Waals surface area contributed by atoms with Crippen molar-refractivity contribution >= 4 is 16.7 Å². The van der Waals surface area contributed by atoms with Crippen LogP contribution in [0.4, 0.5) is 5.69 Å². The highest BCUT2D eigenvalue weighted by Crippen LogP contribution is 2.23. The first kappa shape index (κ1) is 8.99. The summed E-state index contributed by atoms with van der Waals surface area (Å²) in [5, 5.41) is 4.42. The molecule has 0 bridgehead atoms. The second-order valence-electron chi connectivity index (χ2n) is 3.72. The molecule has 0 saturated heterocycles. The number of pyridine rings is 1. The van der Waals surface area contributed by atoms with Crippen LogP contribution in [0.3, 0.4) is 0 Å². The Labute approximate surface area is 82.7 Å². The molecule has 0 atom stereocenters. The zero-order chi connectivity index (χ0) is 10.3. The van der Waals surface area contributed by atoms with Gasteiger partial charge in [-0.3, -0.25) is 9.67 Å². The Hall–Kier alpha value is -1.58. The first-order valence-electron chi connectivity index (χ1n) is 4.70. The summed E-state index contributed by atoms with van der Waals surface area (Å²) in [6.07, 6.45) is 1.72. The third-order valence-corrected chi connectivity index (χ3v) is 2.27. The predicted octanol–water partition coefficient (Wildman–Crippen LogP) is 1.90. The average Bonchev–Trinajstić information content (AvgIpc) is 2.46. The average molecular weight is 190 g/mol. The second-order valence-corrected chi connectivity index (χ2v) is 3.72. The Morgan fingerprint density at radius 2 is 2.14 bits per heavy atom. The number of aromatic nitrogens is 3. The van der Waals surface area contributed by atoms with E-state index in [9.17, 15) is 0 Å². The Morgan fingerprint density at radius 3 is 2.79 bits per heavy atom. The zero-order valence-electron chi connectivity index (χ0n) is 8.65. The number of nitrogens with two attached hydrogens (primary N) is 1. The highest BCUT2D eigenvalue weighted by molar-refractivity contribution is 5.88. The Kier molecular flexibility index (Phi) is 1.91. The van der Waals surface area contributed by atoms with E-state index >= 15 is 0 Å². The number of nitrogens with zero attached hydrogens (tertiary/aromatic N) is 3. The van der Waals surface area contributed by atoms with Crippen LogP contribution in [0.25, 0.3) is 11.0 Å². The van der Waals surface area contributed by atoms with Crippen LogP contribution in [0.2, 0.25) is 0 Å². The first-order valence-corrected chi connectivity index (χ1v) is 4.70. The first-order chi connectivity index (χ1) is 6.61. The number of aryl methyl sites for hydroxylation is 1. The SMILES string of the molecule is Cc1nn(C(C)C)c2c(N)ccnc12. The monoisotopic (exact) mass is 190 g/mol. The van der Waals surface area contributed by atoms with Gasteiger partial charge < -0.3 is 5.73 Å². The number of anilines is 1. The van der Waals surface area contributed by atoms with Crippen molar-refractivity contribution in [1.29, 1.82) is 0 Å². The highest BCUT2D eigenvalue weighted by atomic mass is 15.3. The lowest BCUT2D eigenvalue weighted by molar-refractivity contribution is 0.547. The van der Waals surface area contributed by atoms with Gasteiger partial charge in [-0.2, -0.15) is 5.10 Å². The second kappa shape index (κ2) is 2.97. The molecule has 0 aromatic carbocycles. The molecule has 0 aliphatic carbocycles. The maximum absolute atomic E-state index is 5.91. The quantitative estimate of drug-likeness (QED) is 0.747. The largest absolute Gasteiger partial charge is 0.397 e. The molecular weight excluding hydrogens is 176 g/mol. The maximum Gasteiger partial charge on any atom is 0.113 e. The zero-order valence-corrected chi connectivity index (χ0v) is 8.65. The standard InChI is InChI=1S/C10H14N4/c1-6(2)14-10-8(11)4-5-12-9(10)7(3)13-14/h4-6H,1-3H3,(H2,11,12). The van der Waals surface area contributed by atoms with Crippen LogP contribution in [0.15, 0.2) is 12.3 Å². The maximum atomic E-state index is 5.91. The highest BCUT2D eigenvalue weighted by Gasteiger charge is 2.12. The number of hydrogen-bond donors (Lipinski definition) is 1. The van der Waals surface area contributed by atoms with E-state index in [1.54, 1.807) is 6.20 Å². The van der Waals surface area contributed by atoms with Crippen molar-refractivity contribution in [2.75, 3.05) is 5.73 Å². The Balaban J connectivity index is 2.86. The van der Waals surface area contributed by atoms with E-state index in [1.807, 2.05) is 17.7 Å². The van der Waals surface area contributed by atoms with Gasteiger partial charge >= 0.3 is 0 Å². The normalized spacial score (nSPS) is 11.4. The molecule has 4 nitrogen and oxygen atoms in total. The molecule has 0 amide bonds. The van der Waals surface area contributed by atoms with Crippen molar-refractivity contribution in [3.8, 4) is 0 Å². The van der Waals surface area contributed by atoms with Crippen LogP contribution >= 0.6 is 0 Å². The van der Waals surface area contributed by atoms with Crippen LogP contribution in [-0.4, -0.2) is 14.8 Å². The summed E-state index contributed by atoms with van der Waals surface area (Å²) in [5.74, 6) is 0. The summed E-state index contributed by atoms with van der Waals surface area (Å²) in [6, 6.07) is 2.11. The molecule has 0 fully saturated rings. The summed E-state index contributed by atoms with van der Waals surface area (Å²) in [5.41, 5.74) is 9.42. The Bertz CT molecular complexity index is 470. The Morgan fingerprint density at radius 1 is 1.43 bits per heavy atom. The number of rotatable bonds is 1. The third kappa shape index (κ3) is 1.14. The third-order valence-electron chi connectivity index (χ3n) is 2.27. The summed E-state index contributed by atoms with van der Waals surface area (Å²) in [6.45, 7) is 6.12. The van der Waals surface area contributed by atoms with E-state index in [0.29, 0.717) is 6.04 Å². The van der Waals surface area contributed by atoms with Gasteiger partial charge in [0, 0.05) is 12.2 Å². The molecule has 14 heavy (non-hydrogen) atoms. The van der Waals surface area contributed by atoms with E-state index in [2.05, 4.69) is 23.9 Å². The van der Waals surface area contributed by atoms with E-state index in [1.165, 1.54) is 0 Å². The molecule has 2 N–H and O–H groups in total. The van der Waals surface area contributed by atoms with Crippen molar-refractivity contribution < 1.29 is 0 Å². The molecule has 0 saturated carbocycles. The topological polar surface area (TPSA) is 56.7 Å². The minimum absolute atomic E-state index is 0.303. The summed E-state index contributed by atoms with van der Waals surface area (Å²) >= 11 is 0. The van der Waals surface area contributed by atoms with Gasteiger partial charge in [0.05, 0.1) is 11.4 Å². The minimum Gasteiger partial charge on any atom is -0.397 e. The molecule has 2 aromatic heterocycles. The molecule has 0 radical (unpaired) electrons. The van der Waals surface area contributed by atoms with Crippen LogP contribution in [0.5, 0.6) is 0 Å². The van der Waals surface area contributed by atoms with E-state index in [0.717, 1.165) is 22.4 Å². The lowest BCUT2D eigenvalue weighted by Gasteiger charge is -2.07.